The van der Waals surface area contributed by atoms with Crippen LogP contribution >= 0.6 is 0 Å². The molecular formula is C12H21N3O2S. The fourth-order valence-corrected chi connectivity index (χ4v) is 2.36. The van der Waals surface area contributed by atoms with Crippen LogP contribution in [0, 0.1) is 0 Å². The maximum Gasteiger partial charge on any atom is 0.279 e. The lowest BCUT2D eigenvalue weighted by atomic mass is 10.2. The summed E-state index contributed by atoms with van der Waals surface area (Å²) in [6.45, 7) is 2.84. The Hall–Kier alpha value is -1.11. The predicted octanol–water partition coefficient (Wildman–Crippen LogP) is 1.34. The van der Waals surface area contributed by atoms with Gasteiger partial charge in [-0.15, -0.1) is 0 Å². The van der Waals surface area contributed by atoms with E-state index in [1.807, 2.05) is 19.1 Å². The van der Waals surface area contributed by atoms with Crippen molar-refractivity contribution >= 4 is 15.9 Å². The van der Waals surface area contributed by atoms with Crippen LogP contribution in [0.4, 0.5) is 5.69 Å². The van der Waals surface area contributed by atoms with Crippen LogP contribution < -0.4 is 10.5 Å². The highest BCUT2D eigenvalue weighted by molar-refractivity contribution is 7.87. The molecule has 0 spiro atoms. The molecule has 1 rings (SSSR count). The fraction of sp³-hybridized carbons (Fsp3) is 0.500. The number of rotatable bonds is 7. The smallest absolute Gasteiger partial charge is 0.279 e. The van der Waals surface area contributed by atoms with E-state index in [2.05, 4.69) is 4.72 Å². The lowest BCUT2D eigenvalue weighted by Gasteiger charge is -2.17. The molecule has 0 fully saturated rings. The minimum atomic E-state index is -3.39. The number of nitrogens with one attached hydrogen (secondary N) is 1. The zero-order chi connectivity index (χ0) is 13.6. The van der Waals surface area contributed by atoms with Gasteiger partial charge in [0.1, 0.15) is 0 Å². The number of unbranched alkanes of at least 4 members (excludes halogenated alkanes) is 1. The maximum absolute atomic E-state index is 11.9. The quantitative estimate of drug-likeness (QED) is 0.735. The summed E-state index contributed by atoms with van der Waals surface area (Å²) in [6, 6.07) is 7.13. The largest absolute Gasteiger partial charge is 0.399 e. The molecule has 5 nitrogen and oxygen atoms in total. The van der Waals surface area contributed by atoms with E-state index >= 15 is 0 Å². The van der Waals surface area contributed by atoms with E-state index < -0.39 is 10.2 Å². The molecule has 0 amide bonds. The first-order valence-electron chi connectivity index (χ1n) is 6.01. The van der Waals surface area contributed by atoms with Gasteiger partial charge in [-0.3, -0.25) is 0 Å². The Bertz CT molecular complexity index is 457. The Balaban J connectivity index is 2.53. The van der Waals surface area contributed by atoms with E-state index in [1.165, 1.54) is 4.31 Å². The summed E-state index contributed by atoms with van der Waals surface area (Å²) in [6.07, 6.45) is 1.83. The van der Waals surface area contributed by atoms with Crippen molar-refractivity contribution in [2.24, 2.45) is 0 Å². The van der Waals surface area contributed by atoms with Crippen molar-refractivity contribution in [3.05, 3.63) is 29.8 Å². The molecule has 102 valence electrons. The Morgan fingerprint density at radius 2 is 1.89 bits per heavy atom. The summed E-state index contributed by atoms with van der Waals surface area (Å²) >= 11 is 0. The topological polar surface area (TPSA) is 75.4 Å². The van der Waals surface area contributed by atoms with Crippen LogP contribution in [0.2, 0.25) is 0 Å². The standard InChI is InChI=1S/C12H21N3O2S/c1-3-4-9-15(2)18(16,17)14-10-11-5-7-12(13)8-6-11/h5-8,14H,3-4,9-10,13H2,1-2H3. The van der Waals surface area contributed by atoms with Gasteiger partial charge in [-0.05, 0) is 24.1 Å². The molecular weight excluding hydrogens is 250 g/mol. The van der Waals surface area contributed by atoms with Crippen molar-refractivity contribution in [2.75, 3.05) is 19.3 Å². The second-order valence-electron chi connectivity index (χ2n) is 4.24. The lowest BCUT2D eigenvalue weighted by Crippen LogP contribution is -2.38. The first-order chi connectivity index (χ1) is 8.45. The minimum absolute atomic E-state index is 0.277. The first-order valence-corrected chi connectivity index (χ1v) is 7.45. The van der Waals surface area contributed by atoms with Crippen molar-refractivity contribution in [1.82, 2.24) is 9.03 Å². The van der Waals surface area contributed by atoms with Crippen LogP contribution in [0.1, 0.15) is 25.3 Å². The molecule has 1 aromatic rings. The summed E-state index contributed by atoms with van der Waals surface area (Å²) in [4.78, 5) is 0. The van der Waals surface area contributed by atoms with Crippen LogP contribution in [0.5, 0.6) is 0 Å². The minimum Gasteiger partial charge on any atom is -0.399 e. The van der Waals surface area contributed by atoms with Crippen molar-refractivity contribution in [3.8, 4) is 0 Å². The van der Waals surface area contributed by atoms with Gasteiger partial charge in [0.05, 0.1) is 0 Å². The van der Waals surface area contributed by atoms with Gasteiger partial charge in [0.25, 0.3) is 10.2 Å². The van der Waals surface area contributed by atoms with Gasteiger partial charge in [-0.1, -0.05) is 25.5 Å². The van der Waals surface area contributed by atoms with Crippen molar-refractivity contribution in [1.29, 1.82) is 0 Å². The van der Waals surface area contributed by atoms with Gasteiger partial charge in [-0.2, -0.15) is 17.4 Å². The van der Waals surface area contributed by atoms with Gasteiger partial charge in [0, 0.05) is 25.8 Å². The molecule has 0 saturated heterocycles. The maximum atomic E-state index is 11.9. The molecule has 3 N–H and O–H groups in total. The Kier molecular flexibility index (Phi) is 5.58. The summed E-state index contributed by atoms with van der Waals surface area (Å²) in [5.74, 6) is 0. The van der Waals surface area contributed by atoms with E-state index in [4.69, 9.17) is 5.73 Å². The van der Waals surface area contributed by atoms with Crippen molar-refractivity contribution < 1.29 is 8.42 Å². The zero-order valence-corrected chi connectivity index (χ0v) is 11.7. The van der Waals surface area contributed by atoms with Crippen LogP contribution in [-0.2, 0) is 16.8 Å². The van der Waals surface area contributed by atoms with Crippen LogP contribution in [-0.4, -0.2) is 26.3 Å². The van der Waals surface area contributed by atoms with Gasteiger partial charge < -0.3 is 5.73 Å². The lowest BCUT2D eigenvalue weighted by molar-refractivity contribution is 0.448. The predicted molar refractivity (Wildman–Crippen MR) is 74.2 cm³/mol. The number of hydrogen-bond acceptors (Lipinski definition) is 3. The Labute approximate surface area is 109 Å². The number of hydrogen-bond donors (Lipinski definition) is 2. The van der Waals surface area contributed by atoms with E-state index in [0.29, 0.717) is 12.2 Å². The highest BCUT2D eigenvalue weighted by atomic mass is 32.2. The van der Waals surface area contributed by atoms with E-state index in [1.54, 1.807) is 19.2 Å². The third-order valence-corrected chi connectivity index (χ3v) is 4.19. The molecule has 18 heavy (non-hydrogen) atoms. The van der Waals surface area contributed by atoms with E-state index in [9.17, 15) is 8.42 Å². The summed E-state index contributed by atoms with van der Waals surface area (Å²) in [5, 5.41) is 0. The van der Waals surface area contributed by atoms with Crippen molar-refractivity contribution in [3.63, 3.8) is 0 Å². The van der Waals surface area contributed by atoms with Crippen LogP contribution in [0.3, 0.4) is 0 Å². The zero-order valence-electron chi connectivity index (χ0n) is 10.9. The molecule has 0 aliphatic heterocycles. The average Bonchev–Trinajstić information content (AvgIpc) is 2.35. The molecule has 0 aliphatic carbocycles. The molecule has 0 aliphatic rings. The highest BCUT2D eigenvalue weighted by Crippen LogP contribution is 2.06. The molecule has 0 aromatic heterocycles. The molecule has 0 atom stereocenters. The van der Waals surface area contributed by atoms with E-state index in [-0.39, 0.29) is 6.54 Å². The summed E-state index contributed by atoms with van der Waals surface area (Å²) in [5.41, 5.74) is 7.12. The Morgan fingerprint density at radius 3 is 2.44 bits per heavy atom. The average molecular weight is 271 g/mol. The summed E-state index contributed by atoms with van der Waals surface area (Å²) in [7, 11) is -1.80. The van der Waals surface area contributed by atoms with E-state index in [0.717, 1.165) is 18.4 Å². The number of nitrogens with two attached hydrogens (primary N) is 1. The van der Waals surface area contributed by atoms with Crippen LogP contribution in [0.15, 0.2) is 24.3 Å². The molecule has 0 radical (unpaired) electrons. The molecule has 0 unspecified atom stereocenters. The van der Waals surface area contributed by atoms with Gasteiger partial charge in [0.2, 0.25) is 0 Å². The fourth-order valence-electron chi connectivity index (χ4n) is 1.42. The number of benzene rings is 1. The Morgan fingerprint density at radius 1 is 1.28 bits per heavy atom. The second kappa shape index (κ2) is 6.72. The van der Waals surface area contributed by atoms with Gasteiger partial charge in [0.15, 0.2) is 0 Å². The first kappa shape index (κ1) is 14.9. The highest BCUT2D eigenvalue weighted by Gasteiger charge is 2.15. The monoisotopic (exact) mass is 271 g/mol. The molecule has 0 heterocycles. The third-order valence-electron chi connectivity index (χ3n) is 2.68. The van der Waals surface area contributed by atoms with Crippen molar-refractivity contribution in [2.45, 2.75) is 26.3 Å². The number of nitrogen functional groups attached to an aromatic ring is 1. The SMILES string of the molecule is CCCCN(C)S(=O)(=O)NCc1ccc(N)cc1. The third kappa shape index (κ3) is 4.64. The summed E-state index contributed by atoms with van der Waals surface area (Å²) < 4.78 is 27.6. The van der Waals surface area contributed by atoms with Crippen LogP contribution in [0.25, 0.3) is 0 Å². The molecule has 6 heteroatoms. The second-order valence-corrected chi connectivity index (χ2v) is 6.10. The molecule has 0 bridgehead atoms. The normalized spacial score (nSPS) is 11.9. The number of anilines is 1. The molecule has 0 saturated carbocycles. The van der Waals surface area contributed by atoms with Gasteiger partial charge >= 0.3 is 0 Å². The number of nitrogens with zero attached hydrogens (tertiary/aromatic N) is 1. The van der Waals surface area contributed by atoms with Gasteiger partial charge in [-0.25, -0.2) is 0 Å². The molecule has 1 aromatic carbocycles.